The number of amides is 2. The van der Waals surface area contributed by atoms with Gasteiger partial charge in [-0.3, -0.25) is 14.4 Å². The third-order valence-electron chi connectivity index (χ3n) is 6.89. The number of hydrogen-bond acceptors (Lipinski definition) is 4. The van der Waals surface area contributed by atoms with E-state index in [0.29, 0.717) is 16.9 Å². The first-order chi connectivity index (χ1) is 17.1. The highest BCUT2D eigenvalue weighted by atomic mass is 19.1. The summed E-state index contributed by atoms with van der Waals surface area (Å²) in [6.45, 7) is 5.10. The molecule has 1 aliphatic rings. The van der Waals surface area contributed by atoms with Crippen LogP contribution in [-0.2, 0) is 14.4 Å². The summed E-state index contributed by atoms with van der Waals surface area (Å²) in [6, 6.07) is 19.7. The van der Waals surface area contributed by atoms with Crippen molar-refractivity contribution in [2.75, 3.05) is 10.6 Å². The summed E-state index contributed by atoms with van der Waals surface area (Å²) in [5.74, 6) is -5.52. The molecule has 2 amide bonds. The molecule has 0 saturated heterocycles. The predicted molar refractivity (Wildman–Crippen MR) is 136 cm³/mol. The summed E-state index contributed by atoms with van der Waals surface area (Å²) < 4.78 is 13.8. The molecule has 0 heterocycles. The van der Waals surface area contributed by atoms with Crippen molar-refractivity contribution in [2.24, 2.45) is 11.8 Å². The molecule has 4 atom stereocenters. The number of halogens is 1. The molecule has 0 aliphatic heterocycles. The van der Waals surface area contributed by atoms with Gasteiger partial charge in [0.05, 0.1) is 11.5 Å². The van der Waals surface area contributed by atoms with Crippen LogP contribution in [0.5, 0.6) is 0 Å². The lowest BCUT2D eigenvalue weighted by Gasteiger charge is -2.44. The summed E-state index contributed by atoms with van der Waals surface area (Å²) in [4.78, 5) is 40.6. The molecule has 6 nitrogen and oxygen atoms in total. The van der Waals surface area contributed by atoms with Gasteiger partial charge in [-0.1, -0.05) is 48.5 Å². The predicted octanol–water partition coefficient (Wildman–Crippen LogP) is 4.76. The second-order valence-corrected chi connectivity index (χ2v) is 9.64. The van der Waals surface area contributed by atoms with Crippen LogP contribution in [0, 0.1) is 31.5 Å². The van der Waals surface area contributed by atoms with Crippen molar-refractivity contribution in [3.8, 4) is 0 Å². The minimum Gasteiger partial charge on any atom is -0.389 e. The summed E-state index contributed by atoms with van der Waals surface area (Å²) in [7, 11) is 0. The highest BCUT2D eigenvalue weighted by molar-refractivity contribution is 6.10. The van der Waals surface area contributed by atoms with Crippen LogP contribution in [0.2, 0.25) is 0 Å². The minimum absolute atomic E-state index is 0.373. The Morgan fingerprint density at radius 1 is 0.861 bits per heavy atom. The maximum Gasteiger partial charge on any atom is 0.235 e. The Balaban J connectivity index is 1.78. The number of aryl methyl sites for hydroxylation is 2. The highest BCUT2D eigenvalue weighted by Crippen LogP contribution is 2.46. The Morgan fingerprint density at radius 3 is 1.89 bits per heavy atom. The molecule has 0 spiro atoms. The normalized spacial score (nSPS) is 23.7. The molecule has 36 heavy (non-hydrogen) atoms. The number of aliphatic hydroxyl groups is 1. The Bertz CT molecular complexity index is 1300. The Morgan fingerprint density at radius 2 is 1.36 bits per heavy atom. The number of hydrogen-bond donors (Lipinski definition) is 3. The third-order valence-corrected chi connectivity index (χ3v) is 6.89. The van der Waals surface area contributed by atoms with Gasteiger partial charge in [-0.15, -0.1) is 0 Å². The first kappa shape index (κ1) is 25.3. The average molecular weight is 489 g/mol. The van der Waals surface area contributed by atoms with Crippen molar-refractivity contribution in [3.05, 3.63) is 95.3 Å². The lowest BCUT2D eigenvalue weighted by Crippen LogP contribution is -2.56. The molecule has 3 N–H and O–H groups in total. The van der Waals surface area contributed by atoms with E-state index in [1.165, 1.54) is 31.2 Å². The van der Waals surface area contributed by atoms with E-state index in [1.54, 1.807) is 24.3 Å². The topological polar surface area (TPSA) is 95.5 Å². The standard InChI is InChI=1S/C29H29FN2O4/c1-17-8-4-6-10-21(17)31-27(34)25-23(33)16-29(3,36)26(24(25)19-12-14-20(30)15-13-19)28(35)32-22-11-7-5-9-18(22)2/h4-15,24-26,36H,16H2,1-3H3,(H,31,34)(H,32,35)/t24-,25-,26-,29+/m1/s1. The van der Waals surface area contributed by atoms with Crippen LogP contribution in [0.25, 0.3) is 0 Å². The molecule has 1 saturated carbocycles. The van der Waals surface area contributed by atoms with Gasteiger partial charge in [0.15, 0.2) is 0 Å². The van der Waals surface area contributed by atoms with E-state index in [0.717, 1.165) is 11.1 Å². The van der Waals surface area contributed by atoms with Gasteiger partial charge < -0.3 is 15.7 Å². The molecule has 0 radical (unpaired) electrons. The van der Waals surface area contributed by atoms with Gasteiger partial charge >= 0.3 is 0 Å². The van der Waals surface area contributed by atoms with Crippen molar-refractivity contribution >= 4 is 29.0 Å². The van der Waals surface area contributed by atoms with Crippen LogP contribution in [0.3, 0.4) is 0 Å². The fraction of sp³-hybridized carbons (Fsp3) is 0.276. The number of anilines is 2. The Kier molecular flexibility index (Phi) is 7.04. The first-order valence-corrected chi connectivity index (χ1v) is 11.8. The minimum atomic E-state index is -1.73. The smallest absolute Gasteiger partial charge is 0.235 e. The lowest BCUT2D eigenvalue weighted by atomic mass is 9.61. The number of benzene rings is 3. The van der Waals surface area contributed by atoms with Crippen molar-refractivity contribution in [3.63, 3.8) is 0 Å². The number of ketones is 1. The van der Waals surface area contributed by atoms with Gasteiger partial charge in [0.2, 0.25) is 11.8 Å². The molecule has 3 aromatic carbocycles. The zero-order valence-corrected chi connectivity index (χ0v) is 20.4. The molecule has 1 aliphatic carbocycles. The van der Waals surface area contributed by atoms with Crippen LogP contribution in [0.15, 0.2) is 72.8 Å². The molecular formula is C29H29FN2O4. The summed E-state index contributed by atoms with van der Waals surface area (Å²) in [5, 5.41) is 17.0. The summed E-state index contributed by atoms with van der Waals surface area (Å²) in [6.07, 6.45) is -0.373. The molecule has 0 aromatic heterocycles. The van der Waals surface area contributed by atoms with Crippen molar-refractivity contribution in [1.82, 2.24) is 0 Å². The van der Waals surface area contributed by atoms with Crippen LogP contribution >= 0.6 is 0 Å². The van der Waals surface area contributed by atoms with E-state index >= 15 is 0 Å². The van der Waals surface area contributed by atoms with Gasteiger partial charge in [0.1, 0.15) is 17.5 Å². The van der Waals surface area contributed by atoms with Crippen LogP contribution in [-0.4, -0.2) is 28.3 Å². The van der Waals surface area contributed by atoms with Crippen LogP contribution in [0.1, 0.15) is 36.0 Å². The van der Waals surface area contributed by atoms with E-state index in [1.807, 2.05) is 38.1 Å². The fourth-order valence-corrected chi connectivity index (χ4v) is 5.02. The van der Waals surface area contributed by atoms with Crippen LogP contribution < -0.4 is 10.6 Å². The molecule has 0 bridgehead atoms. The van der Waals surface area contributed by atoms with Crippen molar-refractivity contribution in [1.29, 1.82) is 0 Å². The maximum atomic E-state index is 13.8. The van der Waals surface area contributed by atoms with Crippen LogP contribution in [0.4, 0.5) is 15.8 Å². The number of para-hydroxylation sites is 2. The number of carbonyl (C=O) groups is 3. The molecule has 186 valence electrons. The first-order valence-electron chi connectivity index (χ1n) is 11.8. The third kappa shape index (κ3) is 5.06. The van der Waals surface area contributed by atoms with E-state index < -0.39 is 46.8 Å². The Labute approximate surface area is 209 Å². The number of rotatable bonds is 5. The second-order valence-electron chi connectivity index (χ2n) is 9.64. The maximum absolute atomic E-state index is 13.8. The number of Topliss-reactive ketones (excluding diaryl/α,β-unsaturated/α-hetero) is 1. The number of nitrogens with one attached hydrogen (secondary N) is 2. The molecule has 7 heteroatoms. The largest absolute Gasteiger partial charge is 0.389 e. The second kappa shape index (κ2) is 10.0. The lowest BCUT2D eigenvalue weighted by molar-refractivity contribution is -0.150. The summed E-state index contributed by atoms with van der Waals surface area (Å²) >= 11 is 0. The Hall–Kier alpha value is -3.84. The SMILES string of the molecule is Cc1ccccc1NC(=O)[C@@H]1C(=O)C[C@](C)(O)[C@@H](C(=O)Nc2ccccc2C)[C@@H]1c1ccc(F)cc1. The van der Waals surface area contributed by atoms with E-state index in [-0.39, 0.29) is 6.42 Å². The van der Waals surface area contributed by atoms with Gasteiger partial charge in [0, 0.05) is 23.7 Å². The quantitative estimate of drug-likeness (QED) is 0.451. The molecular weight excluding hydrogens is 459 g/mol. The zero-order valence-electron chi connectivity index (χ0n) is 20.4. The zero-order chi connectivity index (χ0) is 26.0. The fourth-order valence-electron chi connectivity index (χ4n) is 5.02. The van der Waals surface area contributed by atoms with Gasteiger partial charge in [-0.05, 0) is 61.7 Å². The van der Waals surface area contributed by atoms with E-state index in [9.17, 15) is 23.9 Å². The van der Waals surface area contributed by atoms with Crippen molar-refractivity contribution in [2.45, 2.75) is 38.7 Å². The van der Waals surface area contributed by atoms with Crippen molar-refractivity contribution < 1.29 is 23.9 Å². The summed E-state index contributed by atoms with van der Waals surface area (Å²) in [5.41, 5.74) is 1.43. The number of carbonyl (C=O) groups excluding carboxylic acids is 3. The molecule has 0 unspecified atom stereocenters. The van der Waals surface area contributed by atoms with Gasteiger partial charge in [-0.25, -0.2) is 4.39 Å². The average Bonchev–Trinajstić information content (AvgIpc) is 2.81. The molecule has 1 fully saturated rings. The van der Waals surface area contributed by atoms with Gasteiger partial charge in [-0.2, -0.15) is 0 Å². The molecule has 3 aromatic rings. The van der Waals surface area contributed by atoms with E-state index in [2.05, 4.69) is 10.6 Å². The van der Waals surface area contributed by atoms with E-state index in [4.69, 9.17) is 0 Å². The van der Waals surface area contributed by atoms with Gasteiger partial charge in [0.25, 0.3) is 0 Å². The monoisotopic (exact) mass is 488 g/mol. The highest BCUT2D eigenvalue weighted by Gasteiger charge is 2.56. The molecule has 4 rings (SSSR count).